The monoisotopic (exact) mass is 247 g/mol. The molecular weight excluding hydrogens is 226 g/mol. The Balaban J connectivity index is 1.80. The molecule has 98 valence electrons. The highest BCUT2D eigenvalue weighted by molar-refractivity contribution is 5.31. The van der Waals surface area contributed by atoms with Crippen LogP contribution in [0.4, 0.5) is 0 Å². The summed E-state index contributed by atoms with van der Waals surface area (Å²) in [6.45, 7) is 7.02. The SMILES string of the molecule is Cc1ccc(C)c(C2OCC3(CCNCC3)O2)c1. The lowest BCUT2D eigenvalue weighted by atomic mass is 9.93. The van der Waals surface area contributed by atoms with E-state index in [4.69, 9.17) is 9.47 Å². The zero-order valence-electron chi connectivity index (χ0n) is 11.2. The molecule has 1 atom stereocenters. The van der Waals surface area contributed by atoms with Crippen LogP contribution in [0.3, 0.4) is 0 Å². The first-order valence-electron chi connectivity index (χ1n) is 6.76. The quantitative estimate of drug-likeness (QED) is 0.827. The summed E-state index contributed by atoms with van der Waals surface area (Å²) in [7, 11) is 0. The Kier molecular flexibility index (Phi) is 3.14. The number of benzene rings is 1. The Labute approximate surface area is 108 Å². The minimum atomic E-state index is -0.178. The number of nitrogens with one attached hydrogen (secondary N) is 1. The summed E-state index contributed by atoms with van der Waals surface area (Å²) in [5.41, 5.74) is 3.64. The molecule has 1 aromatic rings. The minimum Gasteiger partial charge on any atom is -0.345 e. The predicted octanol–water partition coefficient (Wildman–Crippen LogP) is 2.47. The second-order valence-corrected chi connectivity index (χ2v) is 5.55. The lowest BCUT2D eigenvalue weighted by Crippen LogP contribution is -2.43. The number of hydrogen-bond donors (Lipinski definition) is 1. The fourth-order valence-electron chi connectivity index (χ4n) is 2.83. The van der Waals surface area contributed by atoms with Crippen molar-refractivity contribution in [1.82, 2.24) is 5.32 Å². The van der Waals surface area contributed by atoms with Crippen LogP contribution in [-0.2, 0) is 9.47 Å². The number of rotatable bonds is 1. The van der Waals surface area contributed by atoms with Gasteiger partial charge in [-0.3, -0.25) is 0 Å². The summed E-state index contributed by atoms with van der Waals surface area (Å²) in [5.74, 6) is 0. The molecule has 0 aliphatic carbocycles. The lowest BCUT2D eigenvalue weighted by Gasteiger charge is -2.31. The van der Waals surface area contributed by atoms with E-state index in [9.17, 15) is 0 Å². The smallest absolute Gasteiger partial charge is 0.184 e. The van der Waals surface area contributed by atoms with E-state index in [0.717, 1.165) is 32.5 Å². The van der Waals surface area contributed by atoms with Gasteiger partial charge < -0.3 is 14.8 Å². The summed E-state index contributed by atoms with van der Waals surface area (Å²) < 4.78 is 12.2. The van der Waals surface area contributed by atoms with Crippen LogP contribution in [0.1, 0.15) is 35.8 Å². The molecule has 2 heterocycles. The number of piperidine rings is 1. The summed E-state index contributed by atoms with van der Waals surface area (Å²) in [5, 5.41) is 3.38. The van der Waals surface area contributed by atoms with Crippen molar-refractivity contribution in [3.05, 3.63) is 34.9 Å². The largest absolute Gasteiger partial charge is 0.345 e. The normalized spacial score (nSPS) is 26.7. The molecule has 3 rings (SSSR count). The molecule has 1 unspecified atom stereocenters. The molecule has 3 nitrogen and oxygen atoms in total. The van der Waals surface area contributed by atoms with Crippen molar-refractivity contribution in [2.45, 2.75) is 38.6 Å². The van der Waals surface area contributed by atoms with E-state index in [1.54, 1.807) is 0 Å². The van der Waals surface area contributed by atoms with Gasteiger partial charge in [-0.1, -0.05) is 23.8 Å². The van der Waals surface area contributed by atoms with Crippen LogP contribution >= 0.6 is 0 Å². The maximum Gasteiger partial charge on any atom is 0.184 e. The Hall–Kier alpha value is -0.900. The molecule has 2 aliphatic rings. The van der Waals surface area contributed by atoms with Gasteiger partial charge in [-0.2, -0.15) is 0 Å². The molecule has 1 N–H and O–H groups in total. The van der Waals surface area contributed by atoms with Gasteiger partial charge in [0.05, 0.1) is 12.2 Å². The lowest BCUT2D eigenvalue weighted by molar-refractivity contribution is -0.101. The average molecular weight is 247 g/mol. The second kappa shape index (κ2) is 4.65. The zero-order chi connectivity index (χ0) is 12.6. The highest BCUT2D eigenvalue weighted by Gasteiger charge is 2.42. The second-order valence-electron chi connectivity index (χ2n) is 5.55. The van der Waals surface area contributed by atoms with Gasteiger partial charge in [0.25, 0.3) is 0 Å². The van der Waals surface area contributed by atoms with Crippen molar-refractivity contribution in [2.75, 3.05) is 19.7 Å². The highest BCUT2D eigenvalue weighted by Crippen LogP contribution is 2.39. The third kappa shape index (κ3) is 2.18. The van der Waals surface area contributed by atoms with Crippen LogP contribution in [0.25, 0.3) is 0 Å². The molecule has 1 spiro atoms. The first-order chi connectivity index (χ1) is 8.69. The Morgan fingerprint density at radius 2 is 2.00 bits per heavy atom. The Bertz CT molecular complexity index is 438. The molecule has 2 fully saturated rings. The first kappa shape index (κ1) is 12.2. The van der Waals surface area contributed by atoms with Crippen molar-refractivity contribution in [2.24, 2.45) is 0 Å². The van der Waals surface area contributed by atoms with Crippen LogP contribution in [0, 0.1) is 13.8 Å². The number of ether oxygens (including phenoxy) is 2. The molecular formula is C15H21NO2. The van der Waals surface area contributed by atoms with Crippen LogP contribution in [-0.4, -0.2) is 25.3 Å². The molecule has 2 saturated heterocycles. The van der Waals surface area contributed by atoms with Gasteiger partial charge in [-0.05, 0) is 45.3 Å². The van der Waals surface area contributed by atoms with Gasteiger partial charge in [0.1, 0.15) is 0 Å². The predicted molar refractivity (Wildman–Crippen MR) is 70.5 cm³/mol. The summed E-state index contributed by atoms with van der Waals surface area (Å²) in [4.78, 5) is 0. The third-order valence-corrected chi connectivity index (χ3v) is 4.06. The fraction of sp³-hybridized carbons (Fsp3) is 0.600. The van der Waals surface area contributed by atoms with Gasteiger partial charge in [0.15, 0.2) is 6.29 Å². The molecule has 0 aromatic heterocycles. The van der Waals surface area contributed by atoms with Crippen molar-refractivity contribution in [3.8, 4) is 0 Å². The van der Waals surface area contributed by atoms with E-state index in [1.165, 1.54) is 16.7 Å². The number of aryl methyl sites for hydroxylation is 2. The molecule has 0 bridgehead atoms. The standard InChI is InChI=1S/C15H21NO2/c1-11-3-4-12(2)13(9-11)14-17-10-15(18-14)5-7-16-8-6-15/h3-4,9,14,16H,5-8,10H2,1-2H3. The van der Waals surface area contributed by atoms with E-state index in [1.807, 2.05) is 0 Å². The van der Waals surface area contributed by atoms with E-state index in [0.29, 0.717) is 0 Å². The van der Waals surface area contributed by atoms with Gasteiger partial charge in [0.2, 0.25) is 0 Å². The van der Waals surface area contributed by atoms with E-state index in [2.05, 4.69) is 37.4 Å². The summed E-state index contributed by atoms with van der Waals surface area (Å²) in [6.07, 6.45) is 1.92. The van der Waals surface area contributed by atoms with Crippen molar-refractivity contribution in [1.29, 1.82) is 0 Å². The molecule has 0 saturated carbocycles. The minimum absolute atomic E-state index is 0.0495. The molecule has 0 amide bonds. The van der Waals surface area contributed by atoms with Gasteiger partial charge >= 0.3 is 0 Å². The van der Waals surface area contributed by atoms with Crippen LogP contribution < -0.4 is 5.32 Å². The maximum atomic E-state index is 6.25. The first-order valence-corrected chi connectivity index (χ1v) is 6.76. The van der Waals surface area contributed by atoms with Gasteiger partial charge in [-0.15, -0.1) is 0 Å². The van der Waals surface area contributed by atoms with Crippen LogP contribution in [0.15, 0.2) is 18.2 Å². The van der Waals surface area contributed by atoms with E-state index < -0.39 is 0 Å². The molecule has 2 aliphatic heterocycles. The van der Waals surface area contributed by atoms with E-state index >= 15 is 0 Å². The molecule has 18 heavy (non-hydrogen) atoms. The molecule has 1 aromatic carbocycles. The van der Waals surface area contributed by atoms with Gasteiger partial charge in [0, 0.05) is 5.56 Å². The van der Waals surface area contributed by atoms with Gasteiger partial charge in [-0.25, -0.2) is 0 Å². The Morgan fingerprint density at radius 3 is 2.78 bits per heavy atom. The third-order valence-electron chi connectivity index (χ3n) is 4.06. The topological polar surface area (TPSA) is 30.5 Å². The van der Waals surface area contributed by atoms with E-state index in [-0.39, 0.29) is 11.9 Å². The number of hydrogen-bond acceptors (Lipinski definition) is 3. The van der Waals surface area contributed by atoms with Crippen molar-refractivity contribution < 1.29 is 9.47 Å². The zero-order valence-corrected chi connectivity index (χ0v) is 11.2. The van der Waals surface area contributed by atoms with Crippen LogP contribution in [0.5, 0.6) is 0 Å². The summed E-state index contributed by atoms with van der Waals surface area (Å²) in [6, 6.07) is 6.46. The highest BCUT2D eigenvalue weighted by atomic mass is 16.7. The van der Waals surface area contributed by atoms with Crippen LogP contribution in [0.2, 0.25) is 0 Å². The van der Waals surface area contributed by atoms with Crippen molar-refractivity contribution in [3.63, 3.8) is 0 Å². The summed E-state index contributed by atoms with van der Waals surface area (Å²) >= 11 is 0. The fourth-order valence-corrected chi connectivity index (χ4v) is 2.83. The maximum absolute atomic E-state index is 6.25. The van der Waals surface area contributed by atoms with Crippen molar-refractivity contribution >= 4 is 0 Å². The average Bonchev–Trinajstić information content (AvgIpc) is 2.77. The Morgan fingerprint density at radius 1 is 1.22 bits per heavy atom. The molecule has 0 radical (unpaired) electrons. The molecule has 3 heteroatoms.